The fourth-order valence-corrected chi connectivity index (χ4v) is 12.6. The van der Waals surface area contributed by atoms with Crippen molar-refractivity contribution in [1.82, 2.24) is 0 Å². The summed E-state index contributed by atoms with van der Waals surface area (Å²) in [5.41, 5.74) is -3.51. The Morgan fingerprint density at radius 1 is 0.690 bits per heavy atom. The third-order valence-electron chi connectivity index (χ3n) is 9.36. The first-order chi connectivity index (χ1) is 13.4. The van der Waals surface area contributed by atoms with Gasteiger partial charge in [0, 0.05) is 49.0 Å². The number of aliphatic hydroxyl groups is 2. The first-order valence-electron chi connectivity index (χ1n) is 9.26. The Balaban J connectivity index is 1.74. The molecule has 7 aliphatic carbocycles. The zero-order valence-electron chi connectivity index (χ0n) is 15.1. The molecule has 0 radical (unpaired) electrons. The molecule has 29 heavy (non-hydrogen) atoms. The number of phenolic OH excluding ortho intramolecular Hbond substituents is 2. The second kappa shape index (κ2) is 4.11. The maximum atomic E-state index is 12.2. The van der Waals surface area contributed by atoms with Crippen molar-refractivity contribution in [3.05, 3.63) is 23.3 Å². The standard InChI is InChI=1S/C19H16Cl4O6/c1-28-19(29-2)17(22)11-12-14(27)8-6(25)4-3-5(24)7(8)13(11,26)9-10(14)16(21,15(9,17)20)18(12,19)23/h3-4,9-12,24-27H,1-2H3. The number of benzene rings is 1. The maximum Gasteiger partial charge on any atom is 0.211 e. The number of phenols is 2. The molecule has 0 aliphatic heterocycles. The van der Waals surface area contributed by atoms with Crippen LogP contribution < -0.4 is 0 Å². The molecule has 8 rings (SSSR count). The highest BCUT2D eigenvalue weighted by Gasteiger charge is 3.17. The van der Waals surface area contributed by atoms with E-state index in [1.807, 2.05) is 0 Å². The molecule has 1 aromatic rings. The molecule has 4 bridgehead atoms. The second-order valence-electron chi connectivity index (χ2n) is 9.29. The Morgan fingerprint density at radius 3 is 1.31 bits per heavy atom. The summed E-state index contributed by atoms with van der Waals surface area (Å²) in [7, 11) is 2.75. The van der Waals surface area contributed by atoms with Crippen LogP contribution in [0.4, 0.5) is 0 Å². The molecule has 6 nitrogen and oxygen atoms in total. The summed E-state index contributed by atoms with van der Waals surface area (Å²) in [6, 6.07) is 2.54. The van der Waals surface area contributed by atoms with Crippen LogP contribution in [-0.4, -0.2) is 59.9 Å². The SMILES string of the molecule is COC1(OC)C2(Cl)C3C4C5(O)c6c(O)ccc(O)c6C3(O)C3C5C(Cl)(C41Cl)C32Cl. The Labute approximate surface area is 185 Å². The number of methoxy groups -OCH3 is 2. The summed E-state index contributed by atoms with van der Waals surface area (Å²) < 4.78 is 11.6. The number of hydrogen-bond acceptors (Lipinski definition) is 6. The number of ether oxygens (including phenoxy) is 2. The number of hydrogen-bond donors (Lipinski definition) is 4. The first kappa shape index (κ1) is 18.4. The maximum absolute atomic E-state index is 12.2. The topological polar surface area (TPSA) is 99.4 Å². The molecule has 0 aromatic heterocycles. The Bertz CT molecular complexity index is 1000. The van der Waals surface area contributed by atoms with Gasteiger partial charge in [-0.15, -0.1) is 46.4 Å². The van der Waals surface area contributed by atoms with Crippen molar-refractivity contribution in [3.63, 3.8) is 0 Å². The molecular weight excluding hydrogens is 466 g/mol. The molecule has 5 saturated carbocycles. The van der Waals surface area contributed by atoms with E-state index in [0.717, 1.165) is 0 Å². The van der Waals surface area contributed by atoms with Crippen molar-refractivity contribution in [2.45, 2.75) is 36.5 Å². The lowest BCUT2D eigenvalue weighted by atomic mass is 9.44. The van der Waals surface area contributed by atoms with Crippen LogP contribution in [0.2, 0.25) is 0 Å². The molecule has 0 amide bonds. The van der Waals surface area contributed by atoms with Gasteiger partial charge in [-0.25, -0.2) is 0 Å². The molecule has 5 fully saturated rings. The third kappa shape index (κ3) is 1.01. The van der Waals surface area contributed by atoms with E-state index < -0.39 is 60.2 Å². The molecule has 0 heterocycles. The largest absolute Gasteiger partial charge is 0.508 e. The lowest BCUT2D eigenvalue weighted by molar-refractivity contribution is -0.236. The highest BCUT2D eigenvalue weighted by atomic mass is 35.5. The van der Waals surface area contributed by atoms with Crippen molar-refractivity contribution in [2.24, 2.45) is 23.7 Å². The quantitative estimate of drug-likeness (QED) is 0.292. The van der Waals surface area contributed by atoms with Gasteiger partial charge in [-0.05, 0) is 12.1 Å². The van der Waals surface area contributed by atoms with Gasteiger partial charge < -0.3 is 29.9 Å². The van der Waals surface area contributed by atoms with E-state index in [4.69, 9.17) is 55.9 Å². The predicted molar refractivity (Wildman–Crippen MR) is 103 cm³/mol. The number of halogens is 4. The van der Waals surface area contributed by atoms with Gasteiger partial charge in [0.05, 0.1) is 9.75 Å². The summed E-state index contributed by atoms with van der Waals surface area (Å²) in [5.74, 6) is -5.79. The minimum Gasteiger partial charge on any atom is -0.508 e. The zero-order valence-corrected chi connectivity index (χ0v) is 18.1. The van der Waals surface area contributed by atoms with E-state index in [9.17, 15) is 20.4 Å². The molecule has 10 unspecified atom stereocenters. The minimum absolute atomic E-state index is 0.0256. The van der Waals surface area contributed by atoms with Crippen molar-refractivity contribution < 1.29 is 29.9 Å². The van der Waals surface area contributed by atoms with Gasteiger partial charge in [-0.2, -0.15) is 0 Å². The number of rotatable bonds is 2. The second-order valence-corrected chi connectivity index (χ2v) is 11.7. The van der Waals surface area contributed by atoms with Gasteiger partial charge in [0.15, 0.2) is 0 Å². The normalized spacial score (nSPS) is 62.8. The highest BCUT2D eigenvalue weighted by Crippen LogP contribution is 3.04. The summed E-state index contributed by atoms with van der Waals surface area (Å²) in [6.07, 6.45) is 0. The van der Waals surface area contributed by atoms with Gasteiger partial charge >= 0.3 is 0 Å². The van der Waals surface area contributed by atoms with Crippen LogP contribution in [0.5, 0.6) is 11.5 Å². The fraction of sp³-hybridized carbons (Fsp3) is 0.684. The van der Waals surface area contributed by atoms with E-state index >= 15 is 0 Å². The molecular formula is C19H16Cl4O6. The van der Waals surface area contributed by atoms with Crippen molar-refractivity contribution in [1.29, 1.82) is 0 Å². The van der Waals surface area contributed by atoms with Crippen molar-refractivity contribution in [3.8, 4) is 11.5 Å². The molecule has 0 saturated heterocycles. The van der Waals surface area contributed by atoms with E-state index in [2.05, 4.69) is 0 Å². The van der Waals surface area contributed by atoms with Gasteiger partial charge in [0.1, 0.15) is 32.4 Å². The van der Waals surface area contributed by atoms with Crippen LogP contribution in [-0.2, 0) is 20.7 Å². The molecule has 4 N–H and O–H groups in total. The third-order valence-corrected chi connectivity index (χ3v) is 12.9. The molecule has 7 aliphatic rings. The molecule has 10 heteroatoms. The molecule has 1 aromatic carbocycles. The Hall–Kier alpha value is -0.180. The van der Waals surface area contributed by atoms with Crippen LogP contribution in [0.15, 0.2) is 12.1 Å². The van der Waals surface area contributed by atoms with Crippen molar-refractivity contribution in [2.75, 3.05) is 14.2 Å². The average molecular weight is 482 g/mol. The van der Waals surface area contributed by atoms with E-state index in [-0.39, 0.29) is 22.6 Å². The van der Waals surface area contributed by atoms with Crippen LogP contribution >= 0.6 is 46.4 Å². The molecule has 10 atom stereocenters. The van der Waals surface area contributed by atoms with Gasteiger partial charge in [0.2, 0.25) is 5.79 Å². The Morgan fingerprint density at radius 2 is 1.00 bits per heavy atom. The van der Waals surface area contributed by atoms with Crippen LogP contribution in [0.1, 0.15) is 11.1 Å². The van der Waals surface area contributed by atoms with E-state index in [1.165, 1.54) is 26.4 Å². The molecule has 156 valence electrons. The van der Waals surface area contributed by atoms with Gasteiger partial charge in [0.25, 0.3) is 0 Å². The summed E-state index contributed by atoms with van der Waals surface area (Å²) in [6.45, 7) is 0. The number of aromatic hydroxyl groups is 2. The average Bonchev–Trinajstić information content (AvgIpc) is 2.97. The van der Waals surface area contributed by atoms with Gasteiger partial charge in [-0.3, -0.25) is 0 Å². The van der Waals surface area contributed by atoms with E-state index in [0.29, 0.717) is 0 Å². The lowest BCUT2D eigenvalue weighted by Gasteiger charge is -2.66. The van der Waals surface area contributed by atoms with Crippen LogP contribution in [0, 0.1) is 23.7 Å². The fourth-order valence-electron chi connectivity index (χ4n) is 9.17. The number of alkyl halides is 4. The molecule has 0 spiro atoms. The Kier molecular flexibility index (Phi) is 2.60. The smallest absolute Gasteiger partial charge is 0.211 e. The first-order valence-corrected chi connectivity index (χ1v) is 10.8. The lowest BCUT2D eigenvalue weighted by Crippen LogP contribution is -2.77. The highest BCUT2D eigenvalue weighted by molar-refractivity contribution is 6.51. The monoisotopic (exact) mass is 480 g/mol. The van der Waals surface area contributed by atoms with Gasteiger partial charge in [-0.1, -0.05) is 0 Å². The van der Waals surface area contributed by atoms with Crippen LogP contribution in [0.25, 0.3) is 0 Å². The summed E-state index contributed by atoms with van der Waals surface area (Å²) >= 11 is 29.0. The minimum atomic E-state index is -1.78. The summed E-state index contributed by atoms with van der Waals surface area (Å²) in [4.78, 5) is -6.18. The van der Waals surface area contributed by atoms with Crippen LogP contribution in [0.3, 0.4) is 0 Å². The predicted octanol–water partition coefficient (Wildman–Crippen LogP) is 1.92. The van der Waals surface area contributed by atoms with Crippen molar-refractivity contribution >= 4 is 46.4 Å². The zero-order chi connectivity index (χ0) is 20.9. The van der Waals surface area contributed by atoms with E-state index in [1.54, 1.807) is 0 Å². The summed E-state index contributed by atoms with van der Waals surface area (Å²) in [5, 5.41) is 45.8.